The molecule has 0 bridgehead atoms. The summed E-state index contributed by atoms with van der Waals surface area (Å²) in [5, 5.41) is 0. The lowest BCUT2D eigenvalue weighted by atomic mass is 9.99. The van der Waals surface area contributed by atoms with Gasteiger partial charge in [0.1, 0.15) is 0 Å². The second-order valence-electron chi connectivity index (χ2n) is 3.08. The van der Waals surface area contributed by atoms with Gasteiger partial charge in [0.05, 0.1) is 12.0 Å². The van der Waals surface area contributed by atoms with E-state index in [1.54, 1.807) is 0 Å². The van der Waals surface area contributed by atoms with Gasteiger partial charge in [-0.2, -0.15) is 0 Å². The van der Waals surface area contributed by atoms with E-state index in [4.69, 9.17) is 4.74 Å². The van der Waals surface area contributed by atoms with Crippen LogP contribution in [0.4, 0.5) is 0 Å². The third-order valence-electron chi connectivity index (χ3n) is 2.23. The molecular weight excluding hydrogens is 140 g/mol. The maximum absolute atomic E-state index is 11.3. The van der Waals surface area contributed by atoms with Crippen molar-refractivity contribution < 1.29 is 9.53 Å². The topological polar surface area (TPSA) is 26.3 Å². The molecule has 0 amide bonds. The summed E-state index contributed by atoms with van der Waals surface area (Å²) in [5.41, 5.74) is 0.645. The van der Waals surface area contributed by atoms with E-state index in [-0.39, 0.29) is 11.4 Å². The summed E-state index contributed by atoms with van der Waals surface area (Å²) in [7, 11) is 0. The van der Waals surface area contributed by atoms with Gasteiger partial charge in [0, 0.05) is 0 Å². The highest BCUT2D eigenvalue weighted by atomic mass is 16.5. The van der Waals surface area contributed by atoms with Crippen LogP contribution < -0.4 is 0 Å². The molecule has 1 aliphatic carbocycles. The van der Waals surface area contributed by atoms with E-state index in [1.807, 2.05) is 13.8 Å². The van der Waals surface area contributed by atoms with Gasteiger partial charge in [-0.25, -0.2) is 0 Å². The number of ether oxygens (including phenoxy) is 1. The van der Waals surface area contributed by atoms with Crippen molar-refractivity contribution in [1.82, 2.24) is 0 Å². The Kier molecular flexibility index (Phi) is 2.03. The van der Waals surface area contributed by atoms with E-state index in [1.165, 1.54) is 0 Å². The number of carbonyl (C=O) groups excluding carboxylic acids is 1. The largest absolute Gasteiger partial charge is 0.465 e. The van der Waals surface area contributed by atoms with Crippen LogP contribution in [-0.2, 0) is 9.53 Å². The fourth-order valence-corrected chi connectivity index (χ4v) is 1.20. The van der Waals surface area contributed by atoms with E-state index in [9.17, 15) is 4.79 Å². The molecule has 0 atom stereocenters. The molecule has 0 aliphatic heterocycles. The molecule has 0 heterocycles. The normalized spacial score (nSPS) is 19.1. The van der Waals surface area contributed by atoms with Gasteiger partial charge in [-0.15, -0.1) is 0 Å². The first-order valence-electron chi connectivity index (χ1n) is 3.96. The van der Waals surface area contributed by atoms with Crippen LogP contribution in [0.2, 0.25) is 0 Å². The molecule has 1 rings (SSSR count). The van der Waals surface area contributed by atoms with Crippen LogP contribution in [-0.4, -0.2) is 12.6 Å². The van der Waals surface area contributed by atoms with Gasteiger partial charge in [-0.1, -0.05) is 12.2 Å². The van der Waals surface area contributed by atoms with Crippen molar-refractivity contribution in [2.75, 3.05) is 6.61 Å². The van der Waals surface area contributed by atoms with Crippen LogP contribution >= 0.6 is 0 Å². The summed E-state index contributed by atoms with van der Waals surface area (Å²) in [5.74, 6) is -0.0903. The summed E-state index contributed by atoms with van der Waals surface area (Å²) in [6, 6.07) is 0. The van der Waals surface area contributed by atoms with Crippen LogP contribution in [0.3, 0.4) is 0 Å². The first-order valence-corrected chi connectivity index (χ1v) is 3.96. The average molecular weight is 154 g/mol. The lowest BCUT2D eigenvalue weighted by molar-refractivity contribution is -0.148. The lowest BCUT2D eigenvalue weighted by Gasteiger charge is -2.12. The Hall–Kier alpha value is -0.790. The van der Waals surface area contributed by atoms with Gasteiger partial charge < -0.3 is 4.74 Å². The fourth-order valence-electron chi connectivity index (χ4n) is 1.20. The molecule has 0 radical (unpaired) electrons. The summed E-state index contributed by atoms with van der Waals surface area (Å²) in [6.07, 6.45) is 1.84. The van der Waals surface area contributed by atoms with Crippen LogP contribution in [0.25, 0.3) is 0 Å². The minimum absolute atomic E-state index is 0.0903. The Balaban J connectivity index is 2.58. The Morgan fingerprint density at radius 3 is 2.45 bits per heavy atom. The third-order valence-corrected chi connectivity index (χ3v) is 2.23. The van der Waals surface area contributed by atoms with Crippen molar-refractivity contribution >= 4 is 5.97 Å². The third kappa shape index (κ3) is 1.30. The molecule has 0 unspecified atom stereocenters. The van der Waals surface area contributed by atoms with Crippen LogP contribution in [0.5, 0.6) is 0 Å². The van der Waals surface area contributed by atoms with Gasteiger partial charge >= 0.3 is 5.97 Å². The zero-order valence-electron chi connectivity index (χ0n) is 7.14. The van der Waals surface area contributed by atoms with E-state index in [0.29, 0.717) is 6.61 Å². The second-order valence-corrected chi connectivity index (χ2v) is 3.08. The highest BCUT2D eigenvalue weighted by Gasteiger charge is 2.51. The monoisotopic (exact) mass is 154 g/mol. The molecule has 11 heavy (non-hydrogen) atoms. The van der Waals surface area contributed by atoms with Crippen molar-refractivity contribution in [3.8, 4) is 0 Å². The molecule has 0 spiro atoms. The highest BCUT2D eigenvalue weighted by Crippen LogP contribution is 2.52. The molecular formula is C9H14O2. The summed E-state index contributed by atoms with van der Waals surface area (Å²) >= 11 is 0. The summed E-state index contributed by atoms with van der Waals surface area (Å²) < 4.78 is 4.93. The van der Waals surface area contributed by atoms with E-state index < -0.39 is 0 Å². The smallest absolute Gasteiger partial charge is 0.316 e. The minimum atomic E-state index is -0.296. The van der Waals surface area contributed by atoms with Crippen LogP contribution in [0.1, 0.15) is 26.7 Å². The van der Waals surface area contributed by atoms with Crippen LogP contribution in [0.15, 0.2) is 12.2 Å². The number of rotatable bonds is 3. The second kappa shape index (κ2) is 2.68. The van der Waals surface area contributed by atoms with Gasteiger partial charge in [0.15, 0.2) is 0 Å². The van der Waals surface area contributed by atoms with Gasteiger partial charge in [0.2, 0.25) is 0 Å². The Labute approximate surface area is 67.2 Å². The SMILES string of the molecule is C=C(C)C1(C(=O)OCC)CC1. The zero-order chi connectivity index (χ0) is 8.48. The van der Waals surface area contributed by atoms with E-state index >= 15 is 0 Å². The predicted molar refractivity (Wildman–Crippen MR) is 43.1 cm³/mol. The van der Waals surface area contributed by atoms with Crippen molar-refractivity contribution in [1.29, 1.82) is 0 Å². The van der Waals surface area contributed by atoms with Crippen molar-refractivity contribution in [3.05, 3.63) is 12.2 Å². The Morgan fingerprint density at radius 1 is 1.64 bits per heavy atom. The summed E-state index contributed by atoms with van der Waals surface area (Å²) in [4.78, 5) is 11.3. The Bertz CT molecular complexity index is 190. The van der Waals surface area contributed by atoms with Crippen LogP contribution in [0, 0.1) is 5.41 Å². The molecule has 2 nitrogen and oxygen atoms in total. The number of hydrogen-bond acceptors (Lipinski definition) is 2. The van der Waals surface area contributed by atoms with Crippen molar-refractivity contribution in [2.45, 2.75) is 26.7 Å². The zero-order valence-corrected chi connectivity index (χ0v) is 7.14. The lowest BCUT2D eigenvalue weighted by Crippen LogP contribution is -2.19. The molecule has 2 heteroatoms. The van der Waals surface area contributed by atoms with Crippen molar-refractivity contribution in [2.24, 2.45) is 5.41 Å². The molecule has 0 N–H and O–H groups in total. The molecule has 0 saturated heterocycles. The standard InChI is InChI=1S/C9H14O2/c1-4-11-8(10)9(5-6-9)7(2)3/h2,4-6H2,1,3H3. The first-order chi connectivity index (χ1) is 5.13. The number of esters is 1. The first kappa shape index (κ1) is 8.31. The molecule has 62 valence electrons. The fraction of sp³-hybridized carbons (Fsp3) is 0.667. The number of carbonyl (C=O) groups is 1. The molecule has 0 aromatic rings. The van der Waals surface area contributed by atoms with Crippen molar-refractivity contribution in [3.63, 3.8) is 0 Å². The summed E-state index contributed by atoms with van der Waals surface area (Å²) in [6.45, 7) is 7.98. The van der Waals surface area contributed by atoms with Gasteiger partial charge in [0.25, 0.3) is 0 Å². The molecule has 1 saturated carbocycles. The quantitative estimate of drug-likeness (QED) is 0.458. The maximum Gasteiger partial charge on any atom is 0.316 e. The molecule has 0 aromatic heterocycles. The van der Waals surface area contributed by atoms with E-state index in [2.05, 4.69) is 6.58 Å². The molecule has 1 aliphatic rings. The average Bonchev–Trinajstić information content (AvgIpc) is 2.66. The molecule has 0 aromatic carbocycles. The number of hydrogen-bond donors (Lipinski definition) is 0. The predicted octanol–water partition coefficient (Wildman–Crippen LogP) is 1.91. The van der Waals surface area contributed by atoms with Gasteiger partial charge in [-0.05, 0) is 26.7 Å². The molecule has 1 fully saturated rings. The van der Waals surface area contributed by atoms with Gasteiger partial charge in [-0.3, -0.25) is 4.79 Å². The minimum Gasteiger partial charge on any atom is -0.465 e. The Morgan fingerprint density at radius 2 is 2.18 bits per heavy atom. The maximum atomic E-state index is 11.3. The van der Waals surface area contributed by atoms with E-state index in [0.717, 1.165) is 18.4 Å². The highest BCUT2D eigenvalue weighted by molar-refractivity contribution is 5.83.